The Hall–Kier alpha value is -2.04. The van der Waals surface area contributed by atoms with Gasteiger partial charge in [0.25, 0.3) is 0 Å². The van der Waals surface area contributed by atoms with Crippen LogP contribution in [0.15, 0.2) is 29.4 Å². The zero-order chi connectivity index (χ0) is 11.5. The van der Waals surface area contributed by atoms with Crippen LogP contribution in [0.1, 0.15) is 12.5 Å². The fourth-order valence-corrected chi connectivity index (χ4v) is 1.50. The molecule has 1 heterocycles. The molecular weight excluding hydrogens is 206 g/mol. The van der Waals surface area contributed by atoms with Gasteiger partial charge in [-0.3, -0.25) is 0 Å². The first-order chi connectivity index (χ1) is 7.72. The van der Waals surface area contributed by atoms with E-state index < -0.39 is 0 Å². The van der Waals surface area contributed by atoms with Crippen molar-refractivity contribution in [2.24, 2.45) is 5.10 Å². The Morgan fingerprint density at radius 1 is 1.50 bits per heavy atom. The molecule has 2 amide bonds. The van der Waals surface area contributed by atoms with E-state index in [-0.39, 0.29) is 6.03 Å². The quantitative estimate of drug-likeness (QED) is 0.577. The maximum atomic E-state index is 11.7. The van der Waals surface area contributed by atoms with Crippen LogP contribution in [0.4, 0.5) is 10.5 Å². The molecule has 1 aromatic carbocycles. The highest BCUT2D eigenvalue weighted by atomic mass is 16.5. The van der Waals surface area contributed by atoms with Crippen LogP contribution < -0.4 is 10.3 Å². The topological polar surface area (TPSA) is 53.9 Å². The first-order valence-corrected chi connectivity index (χ1v) is 4.97. The molecule has 2 rings (SSSR count). The summed E-state index contributed by atoms with van der Waals surface area (Å²) in [4.78, 5) is 11.7. The summed E-state index contributed by atoms with van der Waals surface area (Å²) in [5, 5.41) is 8.15. The molecular formula is C11H13N3O2. The lowest BCUT2D eigenvalue weighted by atomic mass is 10.1. The fourth-order valence-electron chi connectivity index (χ4n) is 1.50. The number of ether oxygens (including phenoxy) is 1. The van der Waals surface area contributed by atoms with Crippen molar-refractivity contribution < 1.29 is 9.53 Å². The lowest BCUT2D eigenvalue weighted by Gasteiger charge is -2.25. The van der Waals surface area contributed by atoms with Gasteiger partial charge in [-0.15, -0.1) is 5.10 Å². The zero-order valence-electron chi connectivity index (χ0n) is 9.23. The van der Waals surface area contributed by atoms with Crippen molar-refractivity contribution in [2.75, 3.05) is 12.1 Å². The first kappa shape index (κ1) is 10.5. The second-order valence-electron chi connectivity index (χ2n) is 3.42. The number of urea groups is 1. The van der Waals surface area contributed by atoms with Crippen molar-refractivity contribution in [1.82, 2.24) is 5.32 Å². The monoisotopic (exact) mass is 219 g/mol. The normalized spacial score (nSPS) is 15.5. The van der Waals surface area contributed by atoms with E-state index in [1.807, 2.05) is 24.3 Å². The van der Waals surface area contributed by atoms with E-state index in [9.17, 15) is 4.79 Å². The third kappa shape index (κ3) is 1.84. The van der Waals surface area contributed by atoms with E-state index >= 15 is 0 Å². The molecule has 84 valence electrons. The molecule has 0 bridgehead atoms. The van der Waals surface area contributed by atoms with Crippen LogP contribution >= 0.6 is 0 Å². The van der Waals surface area contributed by atoms with Crippen molar-refractivity contribution in [1.29, 1.82) is 0 Å². The summed E-state index contributed by atoms with van der Waals surface area (Å²) in [5.74, 6) is 0.437. The van der Waals surface area contributed by atoms with Crippen LogP contribution in [-0.2, 0) is 11.3 Å². The number of hydrogen-bond donors (Lipinski definition) is 1. The summed E-state index contributed by atoms with van der Waals surface area (Å²) < 4.78 is 4.94. The Morgan fingerprint density at radius 3 is 3.00 bits per heavy atom. The minimum Gasteiger partial charge on any atom is -0.483 e. The standard InChI is InChI=1S/C11H13N3O2/c1-8(16-2)13-14-10-6-4-3-5-9(10)7-12-11(14)15/h3-6H,7H2,1-2H3,(H,12,15). The molecule has 1 aromatic rings. The van der Waals surface area contributed by atoms with Gasteiger partial charge in [-0.05, 0) is 11.6 Å². The van der Waals surface area contributed by atoms with Crippen LogP contribution in [0.25, 0.3) is 0 Å². The van der Waals surface area contributed by atoms with Gasteiger partial charge < -0.3 is 10.1 Å². The molecule has 0 aliphatic carbocycles. The number of nitrogens with one attached hydrogen (secondary N) is 1. The van der Waals surface area contributed by atoms with E-state index in [1.165, 1.54) is 12.1 Å². The van der Waals surface area contributed by atoms with Crippen molar-refractivity contribution in [2.45, 2.75) is 13.5 Å². The van der Waals surface area contributed by atoms with E-state index in [1.54, 1.807) is 6.92 Å². The predicted octanol–water partition coefficient (Wildman–Crippen LogP) is 1.70. The van der Waals surface area contributed by atoms with Crippen molar-refractivity contribution in [3.8, 4) is 0 Å². The highest BCUT2D eigenvalue weighted by Crippen LogP contribution is 2.24. The van der Waals surface area contributed by atoms with Gasteiger partial charge in [0.2, 0.25) is 5.90 Å². The average Bonchev–Trinajstić information content (AvgIpc) is 2.32. The molecule has 16 heavy (non-hydrogen) atoms. The lowest BCUT2D eigenvalue weighted by Crippen LogP contribution is -2.41. The van der Waals surface area contributed by atoms with Crippen LogP contribution in [0.2, 0.25) is 0 Å². The Labute approximate surface area is 93.7 Å². The van der Waals surface area contributed by atoms with Crippen LogP contribution in [0, 0.1) is 0 Å². The zero-order valence-corrected chi connectivity index (χ0v) is 9.23. The Balaban J connectivity index is 2.41. The first-order valence-electron chi connectivity index (χ1n) is 4.97. The number of anilines is 1. The molecule has 1 N–H and O–H groups in total. The number of para-hydroxylation sites is 1. The summed E-state index contributed by atoms with van der Waals surface area (Å²) in [7, 11) is 1.52. The molecule has 0 radical (unpaired) electrons. The molecule has 1 aliphatic heterocycles. The number of carbonyl (C=O) groups is 1. The molecule has 0 aromatic heterocycles. The number of hydrazone groups is 1. The van der Waals surface area contributed by atoms with Gasteiger partial charge in [0, 0.05) is 13.5 Å². The van der Waals surface area contributed by atoms with E-state index in [0.717, 1.165) is 11.3 Å². The largest absolute Gasteiger partial charge is 0.483 e. The summed E-state index contributed by atoms with van der Waals surface area (Å²) in [6, 6.07) is 7.39. The van der Waals surface area contributed by atoms with Gasteiger partial charge in [0.1, 0.15) is 0 Å². The number of fused-ring (bicyclic) bond motifs is 1. The summed E-state index contributed by atoms with van der Waals surface area (Å²) in [6.45, 7) is 2.23. The minimum atomic E-state index is -0.241. The Kier molecular flexibility index (Phi) is 2.76. The van der Waals surface area contributed by atoms with Gasteiger partial charge in [-0.25, -0.2) is 4.79 Å². The second kappa shape index (κ2) is 4.22. The summed E-state index contributed by atoms with van der Waals surface area (Å²) >= 11 is 0. The van der Waals surface area contributed by atoms with Crippen molar-refractivity contribution >= 4 is 17.6 Å². The third-order valence-electron chi connectivity index (χ3n) is 2.38. The lowest BCUT2D eigenvalue weighted by molar-refractivity contribution is 0.244. The Morgan fingerprint density at radius 2 is 2.25 bits per heavy atom. The van der Waals surface area contributed by atoms with Crippen LogP contribution in [0.3, 0.4) is 0 Å². The molecule has 5 heteroatoms. The van der Waals surface area contributed by atoms with Gasteiger partial charge in [-0.2, -0.15) is 5.01 Å². The highest BCUT2D eigenvalue weighted by Gasteiger charge is 2.23. The summed E-state index contributed by atoms with van der Waals surface area (Å²) in [6.07, 6.45) is 0. The van der Waals surface area contributed by atoms with E-state index in [4.69, 9.17) is 4.74 Å². The SMILES string of the molecule is COC(C)=NN1C(=O)NCc2ccccc21. The molecule has 1 aliphatic rings. The fraction of sp³-hybridized carbons (Fsp3) is 0.273. The number of benzene rings is 1. The second-order valence-corrected chi connectivity index (χ2v) is 3.42. The Bertz CT molecular complexity index is 443. The molecule has 0 unspecified atom stereocenters. The number of nitrogens with zero attached hydrogens (tertiary/aromatic N) is 2. The van der Waals surface area contributed by atoms with Crippen LogP contribution in [-0.4, -0.2) is 19.0 Å². The van der Waals surface area contributed by atoms with Crippen LogP contribution in [0.5, 0.6) is 0 Å². The smallest absolute Gasteiger partial charge is 0.343 e. The molecule has 0 fully saturated rings. The predicted molar refractivity (Wildman–Crippen MR) is 61.3 cm³/mol. The maximum absolute atomic E-state index is 11.7. The number of amides is 2. The third-order valence-corrected chi connectivity index (χ3v) is 2.38. The van der Waals surface area contributed by atoms with Gasteiger partial charge in [0.15, 0.2) is 0 Å². The number of hydrogen-bond acceptors (Lipinski definition) is 3. The molecule has 0 saturated heterocycles. The van der Waals surface area contributed by atoms with Crippen molar-refractivity contribution in [3.05, 3.63) is 29.8 Å². The number of rotatable bonds is 1. The molecule has 0 saturated carbocycles. The minimum absolute atomic E-state index is 0.241. The molecule has 5 nitrogen and oxygen atoms in total. The van der Waals surface area contributed by atoms with E-state index in [0.29, 0.717) is 12.4 Å². The van der Waals surface area contributed by atoms with Crippen molar-refractivity contribution in [3.63, 3.8) is 0 Å². The highest BCUT2D eigenvalue weighted by molar-refractivity contribution is 5.96. The van der Waals surface area contributed by atoms with Gasteiger partial charge >= 0.3 is 6.03 Å². The average molecular weight is 219 g/mol. The van der Waals surface area contributed by atoms with Gasteiger partial charge in [0.05, 0.1) is 12.8 Å². The van der Waals surface area contributed by atoms with E-state index in [2.05, 4.69) is 10.4 Å². The summed E-state index contributed by atoms with van der Waals surface area (Å²) in [5.41, 5.74) is 1.83. The maximum Gasteiger partial charge on any atom is 0.343 e. The molecule has 0 spiro atoms. The number of carbonyl (C=O) groups excluding carboxylic acids is 1. The number of methoxy groups -OCH3 is 1. The molecule has 0 atom stereocenters. The van der Waals surface area contributed by atoms with Gasteiger partial charge in [-0.1, -0.05) is 18.2 Å².